The summed E-state index contributed by atoms with van der Waals surface area (Å²) < 4.78 is 14.1. The van der Waals surface area contributed by atoms with Crippen molar-refractivity contribution in [1.82, 2.24) is 10.3 Å². The van der Waals surface area contributed by atoms with E-state index in [0.29, 0.717) is 11.1 Å². The van der Waals surface area contributed by atoms with Gasteiger partial charge in [0.2, 0.25) is 0 Å². The first-order chi connectivity index (χ1) is 9.58. The molecule has 0 aliphatic carbocycles. The molecule has 1 atom stereocenters. The van der Waals surface area contributed by atoms with Gasteiger partial charge < -0.3 is 16.8 Å². The molecule has 0 spiro atoms. The summed E-state index contributed by atoms with van der Waals surface area (Å²) in [5, 5.41) is 3.78. The fraction of sp³-hybridized carbons (Fsp3) is 0.143. The van der Waals surface area contributed by atoms with Gasteiger partial charge in [-0.25, -0.2) is 9.38 Å². The van der Waals surface area contributed by atoms with E-state index in [1.165, 1.54) is 12.3 Å². The third kappa shape index (κ3) is 2.10. The normalized spacial score (nSPS) is 21.6. The van der Waals surface area contributed by atoms with Crippen LogP contribution in [0.5, 0.6) is 0 Å². The van der Waals surface area contributed by atoms with Crippen molar-refractivity contribution in [2.75, 3.05) is 0 Å². The highest BCUT2D eigenvalue weighted by molar-refractivity contribution is 5.91. The Balaban J connectivity index is 2.00. The predicted octanol–water partition coefficient (Wildman–Crippen LogP) is 1.00. The van der Waals surface area contributed by atoms with Crippen LogP contribution in [0.1, 0.15) is 5.56 Å². The second kappa shape index (κ2) is 4.57. The van der Waals surface area contributed by atoms with Crippen LogP contribution < -0.4 is 16.8 Å². The molecule has 1 unspecified atom stereocenters. The van der Waals surface area contributed by atoms with Crippen LogP contribution in [0, 0.1) is 5.82 Å². The Morgan fingerprint density at radius 2 is 2.20 bits per heavy atom. The topological polar surface area (TPSA) is 89.3 Å². The molecule has 5 nitrogen and oxygen atoms in total. The summed E-state index contributed by atoms with van der Waals surface area (Å²) in [6.07, 6.45) is 4.94. The van der Waals surface area contributed by atoms with Crippen LogP contribution in [-0.4, -0.2) is 16.5 Å². The first-order valence-corrected chi connectivity index (χ1v) is 6.17. The van der Waals surface area contributed by atoms with E-state index < -0.39 is 5.66 Å². The number of nitrogens with one attached hydrogen (secondary N) is 1. The summed E-state index contributed by atoms with van der Waals surface area (Å²) in [6.45, 7) is 0. The number of benzene rings is 1. The zero-order chi connectivity index (χ0) is 14.2. The zero-order valence-corrected chi connectivity index (χ0v) is 10.7. The molecule has 3 rings (SSSR count). The number of amidine groups is 1. The molecular formula is C14H14FN5. The molecule has 0 fully saturated rings. The molecule has 1 aromatic heterocycles. The molecule has 5 N–H and O–H groups in total. The molecule has 0 radical (unpaired) electrons. The van der Waals surface area contributed by atoms with E-state index in [2.05, 4.69) is 15.3 Å². The van der Waals surface area contributed by atoms with E-state index in [1.54, 1.807) is 24.5 Å². The molecular weight excluding hydrogens is 257 g/mol. The number of nitrogens with zero attached hydrogens (tertiary/aromatic N) is 2. The Morgan fingerprint density at radius 1 is 1.35 bits per heavy atom. The fourth-order valence-corrected chi connectivity index (χ4v) is 2.21. The van der Waals surface area contributed by atoms with E-state index in [9.17, 15) is 4.39 Å². The molecule has 0 saturated heterocycles. The van der Waals surface area contributed by atoms with Gasteiger partial charge in [-0.3, -0.25) is 4.98 Å². The number of fused-ring (bicyclic) bond motifs is 1. The van der Waals surface area contributed by atoms with E-state index in [1.807, 2.05) is 6.07 Å². The lowest BCUT2D eigenvalue weighted by Gasteiger charge is -2.31. The summed E-state index contributed by atoms with van der Waals surface area (Å²) in [5.41, 5.74) is 11.9. The first-order valence-electron chi connectivity index (χ1n) is 6.17. The lowest BCUT2D eigenvalue weighted by Crippen LogP contribution is -2.63. The minimum atomic E-state index is -1.08. The van der Waals surface area contributed by atoms with Gasteiger partial charge in [0.05, 0.1) is 5.52 Å². The van der Waals surface area contributed by atoms with Gasteiger partial charge in [0, 0.05) is 36.5 Å². The highest BCUT2D eigenvalue weighted by Gasteiger charge is 2.31. The minimum absolute atomic E-state index is 0.198. The summed E-state index contributed by atoms with van der Waals surface area (Å²) >= 11 is 0. The van der Waals surface area contributed by atoms with Gasteiger partial charge in [0.15, 0.2) is 0 Å². The molecule has 2 heterocycles. The van der Waals surface area contributed by atoms with Crippen molar-refractivity contribution in [3.63, 3.8) is 0 Å². The van der Waals surface area contributed by atoms with Crippen molar-refractivity contribution in [2.24, 2.45) is 16.5 Å². The zero-order valence-electron chi connectivity index (χ0n) is 10.7. The van der Waals surface area contributed by atoms with Gasteiger partial charge in [0.25, 0.3) is 0 Å². The molecule has 102 valence electrons. The standard InChI is InChI=1S/C14H14FN5/c15-11-7-12-9(2-1-3-18-12)6-10(11)8-14(17)13(16)19-4-5-20-14/h1-7,20H,8,17H2,(H2,16,19). The average Bonchev–Trinajstić information content (AvgIpc) is 2.43. The molecule has 20 heavy (non-hydrogen) atoms. The third-order valence-electron chi connectivity index (χ3n) is 3.33. The van der Waals surface area contributed by atoms with Crippen LogP contribution in [0.2, 0.25) is 0 Å². The van der Waals surface area contributed by atoms with Crippen molar-refractivity contribution in [3.05, 3.63) is 54.2 Å². The van der Waals surface area contributed by atoms with Crippen molar-refractivity contribution < 1.29 is 4.39 Å². The van der Waals surface area contributed by atoms with E-state index in [-0.39, 0.29) is 18.1 Å². The summed E-state index contributed by atoms with van der Waals surface area (Å²) in [5.74, 6) is -0.129. The van der Waals surface area contributed by atoms with E-state index >= 15 is 0 Å². The number of halogens is 1. The molecule has 0 saturated carbocycles. The monoisotopic (exact) mass is 271 g/mol. The van der Waals surface area contributed by atoms with Crippen molar-refractivity contribution in [1.29, 1.82) is 0 Å². The Bertz CT molecular complexity index is 725. The second-order valence-electron chi connectivity index (χ2n) is 4.76. The SMILES string of the molecule is NC1=NC=CNC1(N)Cc1cc2cccnc2cc1F. The summed E-state index contributed by atoms with van der Waals surface area (Å²) in [7, 11) is 0. The quantitative estimate of drug-likeness (QED) is 0.760. The fourth-order valence-electron chi connectivity index (χ4n) is 2.21. The van der Waals surface area contributed by atoms with Crippen LogP contribution in [0.15, 0.2) is 47.9 Å². The smallest absolute Gasteiger partial charge is 0.149 e. The molecule has 0 amide bonds. The summed E-state index contributed by atoms with van der Waals surface area (Å²) in [6, 6.07) is 6.82. The van der Waals surface area contributed by atoms with Crippen LogP contribution in [0.25, 0.3) is 10.9 Å². The van der Waals surface area contributed by atoms with Gasteiger partial charge in [0.1, 0.15) is 17.3 Å². The highest BCUT2D eigenvalue weighted by atomic mass is 19.1. The molecule has 1 aliphatic heterocycles. The number of nitrogens with two attached hydrogens (primary N) is 2. The maximum atomic E-state index is 14.1. The number of hydrogen-bond acceptors (Lipinski definition) is 5. The first kappa shape index (κ1) is 12.6. The van der Waals surface area contributed by atoms with Crippen molar-refractivity contribution in [2.45, 2.75) is 12.1 Å². The molecule has 2 aromatic rings. The van der Waals surface area contributed by atoms with Crippen LogP contribution >= 0.6 is 0 Å². The molecule has 0 bridgehead atoms. The van der Waals surface area contributed by atoms with Gasteiger partial charge >= 0.3 is 0 Å². The lowest BCUT2D eigenvalue weighted by atomic mass is 9.97. The lowest BCUT2D eigenvalue weighted by molar-refractivity contribution is 0.480. The maximum Gasteiger partial charge on any atom is 0.149 e. The Labute approximate surface area is 115 Å². The average molecular weight is 271 g/mol. The predicted molar refractivity (Wildman–Crippen MR) is 76.2 cm³/mol. The number of aliphatic imine (C=N–C) groups is 1. The van der Waals surface area contributed by atoms with Crippen LogP contribution in [0.3, 0.4) is 0 Å². The Kier molecular flexibility index (Phi) is 2.87. The van der Waals surface area contributed by atoms with E-state index in [4.69, 9.17) is 11.5 Å². The highest BCUT2D eigenvalue weighted by Crippen LogP contribution is 2.21. The number of hydrogen-bond donors (Lipinski definition) is 3. The number of rotatable bonds is 2. The van der Waals surface area contributed by atoms with Crippen molar-refractivity contribution >= 4 is 16.7 Å². The van der Waals surface area contributed by atoms with Crippen molar-refractivity contribution in [3.8, 4) is 0 Å². The number of pyridine rings is 1. The number of aromatic nitrogens is 1. The minimum Gasteiger partial charge on any atom is -0.384 e. The van der Waals surface area contributed by atoms with Crippen LogP contribution in [-0.2, 0) is 6.42 Å². The molecule has 1 aromatic carbocycles. The van der Waals surface area contributed by atoms with Gasteiger partial charge in [-0.15, -0.1) is 0 Å². The second-order valence-corrected chi connectivity index (χ2v) is 4.76. The third-order valence-corrected chi connectivity index (χ3v) is 3.33. The summed E-state index contributed by atoms with van der Waals surface area (Å²) in [4.78, 5) is 8.08. The van der Waals surface area contributed by atoms with Gasteiger partial charge in [-0.1, -0.05) is 6.07 Å². The van der Waals surface area contributed by atoms with E-state index in [0.717, 1.165) is 5.39 Å². The van der Waals surface area contributed by atoms with Crippen LogP contribution in [0.4, 0.5) is 4.39 Å². The molecule has 1 aliphatic rings. The van der Waals surface area contributed by atoms with Gasteiger partial charge in [-0.05, 0) is 17.7 Å². The molecule has 6 heteroatoms. The maximum absolute atomic E-state index is 14.1. The Hall–Kier alpha value is -2.47. The van der Waals surface area contributed by atoms with Gasteiger partial charge in [-0.2, -0.15) is 0 Å². The largest absolute Gasteiger partial charge is 0.384 e. The Morgan fingerprint density at radius 3 is 3.00 bits per heavy atom.